The zero-order chi connectivity index (χ0) is 27.2. The highest BCUT2D eigenvalue weighted by molar-refractivity contribution is 6.30. The Morgan fingerprint density at radius 2 is 1.43 bits per heavy atom. The van der Waals surface area contributed by atoms with Crippen molar-refractivity contribution in [3.63, 3.8) is 0 Å². The van der Waals surface area contributed by atoms with E-state index in [1.54, 1.807) is 57.2 Å². The number of hydrogen-bond donors (Lipinski definition) is 1. The second-order valence-electron chi connectivity index (χ2n) is 9.45. The lowest BCUT2D eigenvalue weighted by Gasteiger charge is -2.24. The van der Waals surface area contributed by atoms with Crippen molar-refractivity contribution in [2.75, 3.05) is 11.4 Å². The highest BCUT2D eigenvalue weighted by atomic mass is 35.5. The van der Waals surface area contributed by atoms with Crippen molar-refractivity contribution in [3.8, 4) is 0 Å². The average molecular weight is 533 g/mol. The van der Waals surface area contributed by atoms with E-state index in [0.29, 0.717) is 28.4 Å². The van der Waals surface area contributed by atoms with Gasteiger partial charge in [0.25, 0.3) is 0 Å². The monoisotopic (exact) mass is 532 g/mol. The molecule has 0 aromatic heterocycles. The number of hydrogen-bond acceptors (Lipinski definition) is 4. The van der Waals surface area contributed by atoms with Crippen LogP contribution in [0.2, 0.25) is 5.02 Å². The Labute approximate surface area is 219 Å². The minimum Gasteiger partial charge on any atom is -0.456 e. The van der Waals surface area contributed by atoms with Crippen LogP contribution in [-0.2, 0) is 28.8 Å². The third-order valence-electron chi connectivity index (χ3n) is 5.26. The number of amides is 1. The number of ether oxygens (including phenoxy) is 1. The molecule has 0 bridgehead atoms. The van der Waals surface area contributed by atoms with E-state index in [-0.39, 0.29) is 19.0 Å². The Kier molecular flexibility index (Phi) is 8.99. The van der Waals surface area contributed by atoms with E-state index in [0.717, 1.165) is 17.7 Å². The number of carbonyl (C=O) groups excluding carboxylic acids is 2. The van der Waals surface area contributed by atoms with Gasteiger partial charge in [-0.3, -0.25) is 4.79 Å². The van der Waals surface area contributed by atoms with Crippen LogP contribution in [0.4, 0.5) is 18.9 Å². The molecule has 0 unspecified atom stereocenters. The molecule has 0 radical (unpaired) electrons. The summed E-state index contributed by atoms with van der Waals surface area (Å²) in [5.74, 6) is -0.789. The number of carbonyl (C=O) groups is 2. The van der Waals surface area contributed by atoms with Gasteiger partial charge in [-0.2, -0.15) is 13.2 Å². The van der Waals surface area contributed by atoms with E-state index < -0.39 is 23.3 Å². The van der Waals surface area contributed by atoms with Gasteiger partial charge in [0.15, 0.2) is 0 Å². The minimum absolute atomic E-state index is 0.0168. The Morgan fingerprint density at radius 3 is 1.97 bits per heavy atom. The molecule has 0 atom stereocenters. The van der Waals surface area contributed by atoms with Crippen LogP contribution in [0, 0.1) is 0 Å². The Bertz CT molecular complexity index is 1200. The number of nitrogens with one attached hydrogen (secondary N) is 1. The molecule has 0 spiro atoms. The standard InChI is InChI=1S/C28H28ClF3N2O3/c1-27(2,3)37-26(36)21-8-14-24(15-9-21)34(18-20-4-10-22(11-5-20)28(30,31)32)25(35)17-33-16-19-6-12-23(29)13-7-19/h4-15,33H,16-18H2,1-3H3. The maximum atomic E-state index is 13.2. The maximum absolute atomic E-state index is 13.2. The third kappa shape index (κ3) is 8.61. The molecular formula is C28H28ClF3N2O3. The van der Waals surface area contributed by atoms with Crippen LogP contribution in [0.1, 0.15) is 47.8 Å². The van der Waals surface area contributed by atoms with E-state index >= 15 is 0 Å². The van der Waals surface area contributed by atoms with Gasteiger partial charge in [-0.25, -0.2) is 4.79 Å². The second-order valence-corrected chi connectivity index (χ2v) is 9.89. The first kappa shape index (κ1) is 28.2. The van der Waals surface area contributed by atoms with Crippen LogP contribution >= 0.6 is 11.6 Å². The van der Waals surface area contributed by atoms with Gasteiger partial charge in [0, 0.05) is 17.3 Å². The van der Waals surface area contributed by atoms with Gasteiger partial charge in [-0.05, 0) is 80.4 Å². The second kappa shape index (κ2) is 11.8. The van der Waals surface area contributed by atoms with E-state index in [2.05, 4.69) is 5.32 Å². The van der Waals surface area contributed by atoms with Crippen LogP contribution in [0.25, 0.3) is 0 Å². The van der Waals surface area contributed by atoms with Crippen LogP contribution in [-0.4, -0.2) is 24.0 Å². The third-order valence-corrected chi connectivity index (χ3v) is 5.51. The zero-order valence-electron chi connectivity index (χ0n) is 20.7. The lowest BCUT2D eigenvalue weighted by molar-refractivity contribution is -0.137. The number of benzene rings is 3. The SMILES string of the molecule is CC(C)(C)OC(=O)c1ccc(N(Cc2ccc(C(F)(F)F)cc2)C(=O)CNCc2ccc(Cl)cc2)cc1. The smallest absolute Gasteiger partial charge is 0.416 e. The van der Waals surface area contributed by atoms with Gasteiger partial charge < -0.3 is 15.0 Å². The molecule has 37 heavy (non-hydrogen) atoms. The molecule has 0 aliphatic rings. The fraction of sp³-hybridized carbons (Fsp3) is 0.286. The summed E-state index contributed by atoms with van der Waals surface area (Å²) < 4.78 is 44.3. The molecule has 0 fully saturated rings. The van der Waals surface area contributed by atoms with Crippen LogP contribution in [0.5, 0.6) is 0 Å². The number of anilines is 1. The first-order valence-electron chi connectivity index (χ1n) is 11.6. The van der Waals surface area contributed by atoms with E-state index in [1.165, 1.54) is 17.0 Å². The number of nitrogens with zero attached hydrogens (tertiary/aromatic N) is 1. The lowest BCUT2D eigenvalue weighted by atomic mass is 10.1. The Balaban J connectivity index is 1.78. The van der Waals surface area contributed by atoms with Gasteiger partial charge in [-0.15, -0.1) is 0 Å². The molecule has 9 heteroatoms. The Morgan fingerprint density at radius 1 is 0.865 bits per heavy atom. The van der Waals surface area contributed by atoms with Crippen molar-refractivity contribution in [2.45, 2.75) is 45.6 Å². The molecule has 0 aliphatic heterocycles. The molecule has 0 aliphatic carbocycles. The Hall–Kier alpha value is -3.36. The predicted molar refractivity (Wildman–Crippen MR) is 137 cm³/mol. The molecule has 3 aromatic carbocycles. The molecule has 1 amide bonds. The highest BCUT2D eigenvalue weighted by Crippen LogP contribution is 2.29. The number of esters is 1. The molecule has 196 valence electrons. The number of halogens is 4. The summed E-state index contributed by atoms with van der Waals surface area (Å²) in [6.07, 6.45) is -4.45. The summed E-state index contributed by atoms with van der Waals surface area (Å²) in [4.78, 5) is 27.0. The van der Waals surface area contributed by atoms with E-state index in [9.17, 15) is 22.8 Å². The fourth-order valence-electron chi connectivity index (χ4n) is 3.43. The van der Waals surface area contributed by atoms with Gasteiger partial charge in [-0.1, -0.05) is 35.9 Å². The summed E-state index contributed by atoms with van der Waals surface area (Å²) in [5.41, 5.74) is 0.853. The van der Waals surface area contributed by atoms with Crippen LogP contribution in [0.15, 0.2) is 72.8 Å². The van der Waals surface area contributed by atoms with Crippen LogP contribution < -0.4 is 10.2 Å². The van der Waals surface area contributed by atoms with Crippen LogP contribution in [0.3, 0.4) is 0 Å². The fourth-order valence-corrected chi connectivity index (χ4v) is 3.56. The molecule has 0 saturated heterocycles. The van der Waals surface area contributed by atoms with Gasteiger partial charge >= 0.3 is 12.1 Å². The van der Waals surface area contributed by atoms with Crippen molar-refractivity contribution >= 4 is 29.2 Å². The molecule has 0 heterocycles. The molecule has 3 rings (SSSR count). The quantitative estimate of drug-likeness (QED) is 0.330. The summed E-state index contributed by atoms with van der Waals surface area (Å²) in [6.45, 7) is 5.75. The predicted octanol–water partition coefficient (Wildman–Crippen LogP) is 6.64. The van der Waals surface area contributed by atoms with Gasteiger partial charge in [0.2, 0.25) is 5.91 Å². The normalized spacial score (nSPS) is 11.8. The first-order chi connectivity index (χ1) is 17.3. The van der Waals surface area contributed by atoms with Crippen molar-refractivity contribution in [3.05, 3.63) is 100 Å². The molecule has 0 saturated carbocycles. The largest absolute Gasteiger partial charge is 0.456 e. The number of alkyl halides is 3. The summed E-state index contributed by atoms with van der Waals surface area (Å²) in [6, 6.07) is 18.2. The molecule has 5 nitrogen and oxygen atoms in total. The van der Waals surface area contributed by atoms with Crippen molar-refractivity contribution < 1.29 is 27.5 Å². The lowest BCUT2D eigenvalue weighted by Crippen LogP contribution is -2.37. The molecular weight excluding hydrogens is 505 g/mol. The first-order valence-corrected chi connectivity index (χ1v) is 11.9. The summed E-state index contributed by atoms with van der Waals surface area (Å²) >= 11 is 5.91. The minimum atomic E-state index is -4.45. The molecule has 3 aromatic rings. The van der Waals surface area contributed by atoms with E-state index in [1.807, 2.05) is 12.1 Å². The van der Waals surface area contributed by atoms with E-state index in [4.69, 9.17) is 16.3 Å². The molecule has 1 N–H and O–H groups in total. The summed E-state index contributed by atoms with van der Waals surface area (Å²) in [7, 11) is 0. The highest BCUT2D eigenvalue weighted by Gasteiger charge is 2.30. The van der Waals surface area contributed by atoms with Gasteiger partial charge in [0.1, 0.15) is 5.60 Å². The summed E-state index contributed by atoms with van der Waals surface area (Å²) in [5, 5.41) is 3.69. The zero-order valence-corrected chi connectivity index (χ0v) is 21.5. The van der Waals surface area contributed by atoms with Crippen molar-refractivity contribution in [1.82, 2.24) is 5.32 Å². The average Bonchev–Trinajstić information content (AvgIpc) is 2.82. The maximum Gasteiger partial charge on any atom is 0.416 e. The number of rotatable bonds is 8. The van der Waals surface area contributed by atoms with Crippen molar-refractivity contribution in [1.29, 1.82) is 0 Å². The van der Waals surface area contributed by atoms with Gasteiger partial charge in [0.05, 0.1) is 24.2 Å². The topological polar surface area (TPSA) is 58.6 Å². The van der Waals surface area contributed by atoms with Crippen molar-refractivity contribution in [2.24, 2.45) is 0 Å².